The molecule has 0 fully saturated rings. The van der Waals surface area contributed by atoms with E-state index in [2.05, 4.69) is 15.4 Å². The smallest absolute Gasteiger partial charge is 0.321 e. The number of halogens is 1. The van der Waals surface area contributed by atoms with Crippen LogP contribution in [0.2, 0.25) is 0 Å². The van der Waals surface area contributed by atoms with Gasteiger partial charge in [-0.15, -0.1) is 0 Å². The van der Waals surface area contributed by atoms with Gasteiger partial charge in [-0.3, -0.25) is 15.5 Å². The van der Waals surface area contributed by atoms with Crippen LogP contribution in [0, 0.1) is 22.9 Å². The summed E-state index contributed by atoms with van der Waals surface area (Å²) in [6.45, 7) is 1.46. The molecule has 1 heterocycles. The van der Waals surface area contributed by atoms with Crippen LogP contribution in [-0.4, -0.2) is 21.9 Å². The zero-order chi connectivity index (χ0) is 15.6. The van der Waals surface area contributed by atoms with Crippen LogP contribution in [0.5, 0.6) is 0 Å². The topological polar surface area (TPSA) is 110 Å². The molecule has 9 heteroatoms. The van der Waals surface area contributed by atoms with Gasteiger partial charge < -0.3 is 4.90 Å². The molecule has 3 N–H and O–H groups in total. The first-order valence-electron chi connectivity index (χ1n) is 5.93. The van der Waals surface area contributed by atoms with Crippen LogP contribution in [0.1, 0.15) is 5.69 Å². The van der Waals surface area contributed by atoms with Crippen LogP contribution >= 0.6 is 0 Å². The minimum atomic E-state index is -0.609. The molecule has 0 unspecified atom stereocenters. The molecule has 0 aliphatic heterocycles. The Morgan fingerprint density at radius 1 is 1.38 bits per heavy atom. The largest absolute Gasteiger partial charge is 0.333 e. The Bertz CT molecular complexity index is 693. The number of para-hydroxylation sites is 1. The van der Waals surface area contributed by atoms with Crippen molar-refractivity contribution in [2.45, 2.75) is 6.92 Å². The molecule has 2 aromatic rings. The number of aromatic nitrogens is 2. The van der Waals surface area contributed by atoms with E-state index in [1.165, 1.54) is 37.1 Å². The highest BCUT2D eigenvalue weighted by Gasteiger charge is 2.26. The van der Waals surface area contributed by atoms with E-state index >= 15 is 0 Å². The molecule has 0 aliphatic rings. The number of nitro groups is 1. The highest BCUT2D eigenvalue weighted by molar-refractivity contribution is 5.70. The molecule has 0 saturated heterocycles. The van der Waals surface area contributed by atoms with Crippen LogP contribution in [0.4, 0.5) is 27.5 Å². The summed E-state index contributed by atoms with van der Waals surface area (Å²) in [4.78, 5) is 19.7. The Labute approximate surface area is 119 Å². The number of nitrogens with zero attached hydrogens (tertiary/aromatic N) is 4. The molecule has 0 aliphatic carbocycles. The van der Waals surface area contributed by atoms with Gasteiger partial charge in [-0.25, -0.2) is 15.2 Å². The van der Waals surface area contributed by atoms with Gasteiger partial charge in [0, 0.05) is 7.05 Å². The summed E-state index contributed by atoms with van der Waals surface area (Å²) in [6, 6.07) is 5.90. The average molecular weight is 292 g/mol. The summed E-state index contributed by atoms with van der Waals surface area (Å²) in [6.07, 6.45) is 0. The molecule has 1 aromatic carbocycles. The lowest BCUT2D eigenvalue weighted by Crippen LogP contribution is -2.19. The molecular weight excluding hydrogens is 279 g/mol. The minimum Gasteiger partial charge on any atom is -0.321 e. The quantitative estimate of drug-likeness (QED) is 0.503. The highest BCUT2D eigenvalue weighted by atomic mass is 19.1. The highest BCUT2D eigenvalue weighted by Crippen LogP contribution is 2.34. The number of rotatable bonds is 4. The molecule has 2 rings (SSSR count). The number of nitrogens with two attached hydrogens (primary N) is 1. The van der Waals surface area contributed by atoms with E-state index in [1.54, 1.807) is 6.07 Å². The molecule has 0 bridgehead atoms. The van der Waals surface area contributed by atoms with Crippen LogP contribution in [-0.2, 0) is 0 Å². The van der Waals surface area contributed by atoms with Crippen molar-refractivity contribution in [3.63, 3.8) is 0 Å². The van der Waals surface area contributed by atoms with Gasteiger partial charge in [-0.05, 0) is 19.1 Å². The molecule has 21 heavy (non-hydrogen) atoms. The first-order valence-corrected chi connectivity index (χ1v) is 5.93. The summed E-state index contributed by atoms with van der Waals surface area (Å²) >= 11 is 0. The number of aryl methyl sites for hydroxylation is 1. The Hall–Kier alpha value is -2.81. The van der Waals surface area contributed by atoms with Crippen molar-refractivity contribution in [2.75, 3.05) is 17.4 Å². The summed E-state index contributed by atoms with van der Waals surface area (Å²) in [5, 5.41) is 11.2. The van der Waals surface area contributed by atoms with Crippen molar-refractivity contribution in [1.29, 1.82) is 0 Å². The minimum absolute atomic E-state index is 0.0105. The van der Waals surface area contributed by atoms with E-state index in [1.807, 2.05) is 0 Å². The first-order chi connectivity index (χ1) is 9.95. The summed E-state index contributed by atoms with van der Waals surface area (Å²) in [5.74, 6) is 4.68. The third-order valence-corrected chi connectivity index (χ3v) is 2.88. The van der Waals surface area contributed by atoms with Gasteiger partial charge in [0.1, 0.15) is 11.5 Å². The van der Waals surface area contributed by atoms with Crippen LogP contribution < -0.4 is 16.2 Å². The fourth-order valence-corrected chi connectivity index (χ4v) is 1.90. The van der Waals surface area contributed by atoms with Gasteiger partial charge in [0.2, 0.25) is 11.8 Å². The third-order valence-electron chi connectivity index (χ3n) is 2.88. The van der Waals surface area contributed by atoms with Crippen molar-refractivity contribution in [2.24, 2.45) is 5.84 Å². The fraction of sp³-hybridized carbons (Fsp3) is 0.167. The number of hydrogen-bond donors (Lipinski definition) is 2. The van der Waals surface area contributed by atoms with Crippen LogP contribution in [0.3, 0.4) is 0 Å². The number of nitrogen functional groups attached to an aromatic ring is 1. The maximum absolute atomic E-state index is 13.8. The van der Waals surface area contributed by atoms with E-state index in [-0.39, 0.29) is 28.8 Å². The summed E-state index contributed by atoms with van der Waals surface area (Å²) < 4.78 is 13.8. The second-order valence-electron chi connectivity index (χ2n) is 4.22. The average Bonchev–Trinajstić information content (AvgIpc) is 2.45. The molecule has 0 amide bonds. The van der Waals surface area contributed by atoms with Gasteiger partial charge in [0.25, 0.3) is 0 Å². The number of hydrazine groups is 1. The van der Waals surface area contributed by atoms with Crippen molar-refractivity contribution in [3.8, 4) is 0 Å². The Kier molecular flexibility index (Phi) is 3.94. The van der Waals surface area contributed by atoms with Gasteiger partial charge in [-0.1, -0.05) is 12.1 Å². The molecule has 0 saturated carbocycles. The van der Waals surface area contributed by atoms with Crippen molar-refractivity contribution in [3.05, 3.63) is 45.9 Å². The molecular formula is C12H13FN6O2. The zero-order valence-corrected chi connectivity index (χ0v) is 11.4. The molecule has 0 atom stereocenters. The number of hydrogen-bond acceptors (Lipinski definition) is 7. The van der Waals surface area contributed by atoms with Gasteiger partial charge >= 0.3 is 5.69 Å². The predicted molar refractivity (Wildman–Crippen MR) is 75.7 cm³/mol. The number of benzene rings is 1. The number of anilines is 3. The zero-order valence-electron chi connectivity index (χ0n) is 11.4. The fourth-order valence-electron chi connectivity index (χ4n) is 1.90. The Balaban J connectivity index is 2.64. The first kappa shape index (κ1) is 14.6. The lowest BCUT2D eigenvalue weighted by molar-refractivity contribution is -0.385. The van der Waals surface area contributed by atoms with Crippen molar-refractivity contribution in [1.82, 2.24) is 9.97 Å². The van der Waals surface area contributed by atoms with E-state index in [9.17, 15) is 14.5 Å². The second-order valence-corrected chi connectivity index (χ2v) is 4.22. The Morgan fingerprint density at radius 3 is 2.62 bits per heavy atom. The lowest BCUT2D eigenvalue weighted by atomic mass is 10.2. The summed E-state index contributed by atoms with van der Waals surface area (Å²) in [7, 11) is 1.48. The molecule has 0 spiro atoms. The van der Waals surface area contributed by atoms with Crippen LogP contribution in [0.15, 0.2) is 24.3 Å². The molecule has 110 valence electrons. The van der Waals surface area contributed by atoms with Crippen molar-refractivity contribution < 1.29 is 9.31 Å². The van der Waals surface area contributed by atoms with Gasteiger partial charge in [-0.2, -0.15) is 4.98 Å². The second kappa shape index (κ2) is 5.67. The normalized spacial score (nSPS) is 10.3. The molecule has 1 aromatic heterocycles. The predicted octanol–water partition coefficient (Wildman–Crippen LogP) is 1.89. The van der Waals surface area contributed by atoms with Gasteiger partial charge in [0.05, 0.1) is 10.6 Å². The Morgan fingerprint density at radius 2 is 2.05 bits per heavy atom. The lowest BCUT2D eigenvalue weighted by Gasteiger charge is -2.19. The van der Waals surface area contributed by atoms with Gasteiger partial charge in [0.15, 0.2) is 0 Å². The standard InChI is InChI=1S/C12H13FN6O2/c1-7-10(19(20)21)11(16-12(15-7)17-14)18(2)9-6-4-3-5-8(9)13/h3-6H,14H2,1-2H3,(H,15,16,17). The maximum Gasteiger partial charge on any atom is 0.333 e. The number of nitrogens with one attached hydrogen (secondary N) is 1. The van der Waals surface area contributed by atoms with E-state index in [0.717, 1.165) is 0 Å². The van der Waals surface area contributed by atoms with E-state index in [0.29, 0.717) is 0 Å². The third kappa shape index (κ3) is 2.72. The van der Waals surface area contributed by atoms with Crippen LogP contribution in [0.25, 0.3) is 0 Å². The SMILES string of the molecule is Cc1nc(NN)nc(N(C)c2ccccc2F)c1[N+](=O)[O-]. The molecule has 8 nitrogen and oxygen atoms in total. The van der Waals surface area contributed by atoms with E-state index < -0.39 is 10.7 Å². The molecule has 0 radical (unpaired) electrons. The maximum atomic E-state index is 13.8. The van der Waals surface area contributed by atoms with Crippen molar-refractivity contribution >= 4 is 23.1 Å². The van der Waals surface area contributed by atoms with E-state index in [4.69, 9.17) is 5.84 Å². The summed E-state index contributed by atoms with van der Waals surface area (Å²) in [5.41, 5.74) is 2.20. The monoisotopic (exact) mass is 292 g/mol.